The minimum atomic E-state index is -1.12. The van der Waals surface area contributed by atoms with Crippen LogP contribution in [0.4, 0.5) is 0 Å². The molecule has 0 saturated heterocycles. The lowest BCUT2D eigenvalue weighted by molar-refractivity contribution is 0.0814. The van der Waals surface area contributed by atoms with Crippen LogP contribution in [0.25, 0.3) is 22.4 Å². The van der Waals surface area contributed by atoms with E-state index in [-0.39, 0.29) is 0 Å². The molecule has 10 heteroatoms. The number of nitrogens with zero attached hydrogens (tertiary/aromatic N) is 6. The van der Waals surface area contributed by atoms with Gasteiger partial charge in [0.2, 0.25) is 5.88 Å². The van der Waals surface area contributed by atoms with E-state index in [0.29, 0.717) is 35.6 Å². The van der Waals surface area contributed by atoms with E-state index in [1.165, 1.54) is 0 Å². The van der Waals surface area contributed by atoms with Crippen molar-refractivity contribution in [1.29, 1.82) is 0 Å². The first-order valence-corrected chi connectivity index (χ1v) is 14.8. The van der Waals surface area contributed by atoms with Gasteiger partial charge < -0.3 is 9.47 Å². The predicted molar refractivity (Wildman–Crippen MR) is 121 cm³/mol. The maximum atomic E-state index is 5.86. The molecule has 1 aliphatic carbocycles. The smallest absolute Gasteiger partial charge is 0.228 e. The summed E-state index contributed by atoms with van der Waals surface area (Å²) in [7, 11) is -1.12. The number of hydrogen-bond acceptors (Lipinski definition) is 7. The van der Waals surface area contributed by atoms with Gasteiger partial charge in [-0.2, -0.15) is 5.10 Å². The third kappa shape index (κ3) is 4.70. The zero-order valence-electron chi connectivity index (χ0n) is 17.9. The van der Waals surface area contributed by atoms with Crippen molar-refractivity contribution in [2.24, 2.45) is 0 Å². The van der Waals surface area contributed by atoms with Gasteiger partial charge in [0, 0.05) is 20.6 Å². The molecule has 1 saturated carbocycles. The Labute approximate surface area is 185 Å². The second kappa shape index (κ2) is 8.68. The highest BCUT2D eigenvalue weighted by Gasteiger charge is 2.31. The van der Waals surface area contributed by atoms with Crippen LogP contribution in [0, 0.1) is 0 Å². The fraction of sp³-hybridized carbons (Fsp3) is 0.550. The maximum Gasteiger partial charge on any atom is 0.228 e. The number of hydrogen-bond donors (Lipinski definition) is 0. The van der Waals surface area contributed by atoms with Crippen LogP contribution in [0.15, 0.2) is 17.1 Å². The van der Waals surface area contributed by atoms with Crippen LogP contribution in [0.5, 0.6) is 5.88 Å². The second-order valence-corrected chi connectivity index (χ2v) is 15.1. The molecular formula is C20H27BrN6O2Si. The van der Waals surface area contributed by atoms with Crippen LogP contribution in [0.1, 0.15) is 31.4 Å². The third-order valence-corrected chi connectivity index (χ3v) is 7.21. The molecule has 3 aromatic heterocycles. The van der Waals surface area contributed by atoms with Crippen LogP contribution in [0.3, 0.4) is 0 Å². The average Bonchev–Trinajstić information content (AvgIpc) is 3.50. The summed E-state index contributed by atoms with van der Waals surface area (Å²) in [5.41, 5.74) is 3.31. The minimum absolute atomic E-state index is 0.376. The Kier molecular flexibility index (Phi) is 6.17. The lowest BCUT2D eigenvalue weighted by Crippen LogP contribution is -2.22. The molecule has 0 radical (unpaired) electrons. The molecule has 0 bridgehead atoms. The Hall–Kier alpha value is -1.91. The molecule has 0 aromatic carbocycles. The van der Waals surface area contributed by atoms with Crippen molar-refractivity contribution in [2.75, 3.05) is 13.2 Å². The fourth-order valence-corrected chi connectivity index (χ4v) is 4.42. The van der Waals surface area contributed by atoms with E-state index < -0.39 is 8.07 Å². The number of aromatic nitrogens is 6. The van der Waals surface area contributed by atoms with Crippen molar-refractivity contribution in [3.63, 3.8) is 0 Å². The Morgan fingerprint density at radius 3 is 2.70 bits per heavy atom. The molecule has 8 nitrogen and oxygen atoms in total. The monoisotopic (exact) mass is 490 g/mol. The first-order valence-electron chi connectivity index (χ1n) is 10.3. The van der Waals surface area contributed by atoms with Gasteiger partial charge in [0.05, 0.1) is 18.5 Å². The quantitative estimate of drug-likeness (QED) is 0.318. The number of ether oxygens (including phenoxy) is 2. The van der Waals surface area contributed by atoms with Gasteiger partial charge in [-0.25, -0.2) is 24.6 Å². The molecule has 0 unspecified atom stereocenters. The van der Waals surface area contributed by atoms with Gasteiger partial charge in [0.1, 0.15) is 29.7 Å². The predicted octanol–water partition coefficient (Wildman–Crippen LogP) is 4.63. The summed E-state index contributed by atoms with van der Waals surface area (Å²) in [6.45, 7) is 10.6. The van der Waals surface area contributed by atoms with Gasteiger partial charge in [-0.05, 0) is 41.7 Å². The van der Waals surface area contributed by atoms with Crippen LogP contribution < -0.4 is 4.74 Å². The summed E-state index contributed by atoms with van der Waals surface area (Å²) in [6.07, 6.45) is 5.59. The molecule has 0 atom stereocenters. The summed E-state index contributed by atoms with van der Waals surface area (Å²) in [6, 6.07) is 1.12. The van der Waals surface area contributed by atoms with Crippen molar-refractivity contribution in [3.8, 4) is 17.3 Å². The van der Waals surface area contributed by atoms with Crippen molar-refractivity contribution in [1.82, 2.24) is 29.7 Å². The highest BCUT2D eigenvalue weighted by molar-refractivity contribution is 9.10. The van der Waals surface area contributed by atoms with Crippen molar-refractivity contribution in [2.45, 2.75) is 58.1 Å². The minimum Gasteiger partial charge on any atom is -0.477 e. The van der Waals surface area contributed by atoms with E-state index in [4.69, 9.17) is 14.5 Å². The molecule has 1 fully saturated rings. The van der Waals surface area contributed by atoms with Crippen molar-refractivity contribution < 1.29 is 9.47 Å². The molecule has 160 valence electrons. The van der Waals surface area contributed by atoms with Crippen LogP contribution in [-0.2, 0) is 11.5 Å². The summed E-state index contributed by atoms with van der Waals surface area (Å²) in [4.78, 5) is 18.3. The molecule has 0 aliphatic heterocycles. The van der Waals surface area contributed by atoms with Crippen molar-refractivity contribution in [3.05, 3.63) is 22.8 Å². The van der Waals surface area contributed by atoms with E-state index >= 15 is 0 Å². The van der Waals surface area contributed by atoms with Gasteiger partial charge in [0.15, 0.2) is 10.4 Å². The number of fused-ring (bicyclic) bond motifs is 1. The Morgan fingerprint density at radius 1 is 1.20 bits per heavy atom. The fourth-order valence-electron chi connectivity index (χ4n) is 3.18. The Bertz CT molecular complexity index is 1050. The van der Waals surface area contributed by atoms with Gasteiger partial charge in [-0.15, -0.1) is 0 Å². The molecule has 0 N–H and O–H groups in total. The van der Waals surface area contributed by atoms with Gasteiger partial charge >= 0.3 is 0 Å². The molecule has 0 amide bonds. The topological polar surface area (TPSA) is 87.8 Å². The zero-order valence-corrected chi connectivity index (χ0v) is 20.4. The van der Waals surface area contributed by atoms with Gasteiger partial charge in [0.25, 0.3) is 0 Å². The SMILES string of the molecule is CCOc1ncnc(C2CC2)c1-c1ncc2c(n1)c(Br)nn2COCC[Si](C)(C)C. The molecule has 3 aromatic rings. The van der Waals surface area contributed by atoms with E-state index in [0.717, 1.165) is 47.8 Å². The molecule has 4 rings (SSSR count). The van der Waals surface area contributed by atoms with Crippen LogP contribution >= 0.6 is 15.9 Å². The summed E-state index contributed by atoms with van der Waals surface area (Å²) in [5, 5.41) is 4.54. The number of rotatable bonds is 9. The standard InChI is InChI=1S/C20H27BrN6O2Si/c1-5-29-20-15(16(13-6-7-13)23-11-24-20)19-22-10-14-17(25-19)18(21)26-27(14)12-28-8-9-30(2,3)4/h10-11,13H,5-9,12H2,1-4H3. The zero-order chi connectivity index (χ0) is 21.3. The Morgan fingerprint density at radius 2 is 2.00 bits per heavy atom. The number of halogens is 1. The lowest BCUT2D eigenvalue weighted by Gasteiger charge is -2.15. The molecule has 30 heavy (non-hydrogen) atoms. The van der Waals surface area contributed by atoms with Gasteiger partial charge in [-0.3, -0.25) is 0 Å². The maximum absolute atomic E-state index is 5.86. The molecule has 1 aliphatic rings. The summed E-state index contributed by atoms with van der Waals surface area (Å²) >= 11 is 3.54. The van der Waals surface area contributed by atoms with E-state index in [1.54, 1.807) is 17.2 Å². The normalized spacial score (nSPS) is 14.4. The molecule has 0 spiro atoms. The molecular weight excluding hydrogens is 464 g/mol. The van der Waals surface area contributed by atoms with Crippen LogP contribution in [-0.4, -0.2) is 51.0 Å². The van der Waals surface area contributed by atoms with E-state index in [1.807, 2.05) is 6.92 Å². The Balaban J connectivity index is 1.64. The third-order valence-electron chi connectivity index (χ3n) is 4.97. The first kappa shape index (κ1) is 21.3. The van der Waals surface area contributed by atoms with Crippen LogP contribution in [0.2, 0.25) is 25.7 Å². The summed E-state index contributed by atoms with van der Waals surface area (Å²) < 4.78 is 14.1. The molecule has 3 heterocycles. The van der Waals surface area contributed by atoms with Gasteiger partial charge in [-0.1, -0.05) is 19.6 Å². The lowest BCUT2D eigenvalue weighted by atomic mass is 10.1. The van der Waals surface area contributed by atoms with E-state index in [2.05, 4.69) is 55.6 Å². The summed E-state index contributed by atoms with van der Waals surface area (Å²) in [5.74, 6) is 1.52. The largest absolute Gasteiger partial charge is 0.477 e. The average molecular weight is 491 g/mol. The highest BCUT2D eigenvalue weighted by atomic mass is 79.9. The van der Waals surface area contributed by atoms with Crippen molar-refractivity contribution >= 4 is 35.0 Å². The first-order chi connectivity index (χ1) is 14.4. The van der Waals surface area contributed by atoms with E-state index in [9.17, 15) is 0 Å². The second-order valence-electron chi connectivity index (χ2n) is 8.71. The highest BCUT2D eigenvalue weighted by Crippen LogP contribution is 2.45.